The molecule has 1 aromatic rings. The molecule has 4 N–H and O–H groups in total. The summed E-state index contributed by atoms with van der Waals surface area (Å²) in [6.07, 6.45) is 0.524. The highest BCUT2D eigenvalue weighted by atomic mass is 16.3. The van der Waals surface area contributed by atoms with Gasteiger partial charge in [-0.15, -0.1) is 0 Å². The maximum atomic E-state index is 7.83. The van der Waals surface area contributed by atoms with Crippen molar-refractivity contribution in [3.05, 3.63) is 35.4 Å². The van der Waals surface area contributed by atoms with Gasteiger partial charge in [0, 0.05) is 6.54 Å². The minimum atomic E-state index is -0.667. The van der Waals surface area contributed by atoms with Crippen LogP contribution in [0.4, 0.5) is 0 Å². The molecule has 0 saturated heterocycles. The van der Waals surface area contributed by atoms with E-state index in [4.69, 9.17) is 5.11 Å². The lowest BCUT2D eigenvalue weighted by Crippen LogP contribution is -2.23. The fourth-order valence-corrected chi connectivity index (χ4v) is 1.42. The van der Waals surface area contributed by atoms with Gasteiger partial charge in [-0.3, -0.25) is 0 Å². The average Bonchev–Trinajstić information content (AvgIpc) is 2.17. The predicted octanol–water partition coefficient (Wildman–Crippen LogP) is 0.616. The Morgan fingerprint density at radius 2 is 1.93 bits per heavy atom. The molecule has 14 heavy (non-hydrogen) atoms. The molecule has 0 fully saturated rings. The van der Waals surface area contributed by atoms with Crippen LogP contribution < -0.4 is 11.1 Å². The van der Waals surface area contributed by atoms with Gasteiger partial charge in [-0.2, -0.15) is 0 Å². The third kappa shape index (κ3) is 3.87. The summed E-state index contributed by atoms with van der Waals surface area (Å²) in [7, 11) is 0. The summed E-state index contributed by atoms with van der Waals surface area (Å²) < 4.78 is 0. The van der Waals surface area contributed by atoms with Crippen molar-refractivity contribution in [2.45, 2.75) is 26.1 Å². The maximum Gasteiger partial charge on any atom is 0.0991 e. The number of rotatable bonds is 0. The van der Waals surface area contributed by atoms with Crippen molar-refractivity contribution in [1.29, 1.82) is 0 Å². The summed E-state index contributed by atoms with van der Waals surface area (Å²) in [6.45, 7) is 3.69. The Bertz CT molecular complexity index is 246. The van der Waals surface area contributed by atoms with Gasteiger partial charge in [0.2, 0.25) is 0 Å². The number of hydrogen-bond donors (Lipinski definition) is 3. The summed E-state index contributed by atoms with van der Waals surface area (Å²) in [4.78, 5) is 0. The quantitative estimate of drug-likeness (QED) is 0.530. The van der Waals surface area contributed by atoms with Gasteiger partial charge < -0.3 is 16.2 Å². The van der Waals surface area contributed by atoms with E-state index in [1.807, 2.05) is 0 Å². The van der Waals surface area contributed by atoms with Crippen molar-refractivity contribution in [3.8, 4) is 0 Å². The van der Waals surface area contributed by atoms with Crippen LogP contribution in [0.15, 0.2) is 24.3 Å². The minimum absolute atomic E-state index is 0.667. The van der Waals surface area contributed by atoms with Crippen LogP contribution in [-0.4, -0.2) is 17.9 Å². The van der Waals surface area contributed by atoms with Crippen LogP contribution >= 0.6 is 0 Å². The Hall–Kier alpha value is -0.900. The Morgan fingerprint density at radius 3 is 2.50 bits per heavy atom. The van der Waals surface area contributed by atoms with Crippen LogP contribution in [0.2, 0.25) is 0 Å². The van der Waals surface area contributed by atoms with Crippen molar-refractivity contribution in [1.82, 2.24) is 5.32 Å². The molecule has 1 aliphatic rings. The maximum absolute atomic E-state index is 7.83. The van der Waals surface area contributed by atoms with Crippen molar-refractivity contribution >= 4 is 0 Å². The van der Waals surface area contributed by atoms with Crippen LogP contribution in [0.3, 0.4) is 0 Å². The molecule has 1 atom stereocenters. The fraction of sp³-hybridized carbons (Fsp3) is 0.455. The normalized spacial score (nSPS) is 16.2. The van der Waals surface area contributed by atoms with Gasteiger partial charge >= 0.3 is 0 Å². The molecule has 1 aromatic carbocycles. The Balaban J connectivity index is 0.000000213. The van der Waals surface area contributed by atoms with Crippen LogP contribution in [0.25, 0.3) is 0 Å². The first-order valence-corrected chi connectivity index (χ1v) is 4.91. The first-order chi connectivity index (χ1) is 6.70. The summed E-state index contributed by atoms with van der Waals surface area (Å²) in [5, 5.41) is 11.2. The summed E-state index contributed by atoms with van der Waals surface area (Å²) in [6, 6.07) is 8.63. The van der Waals surface area contributed by atoms with Crippen molar-refractivity contribution in [3.63, 3.8) is 0 Å². The molecule has 0 saturated carbocycles. The molecule has 1 aliphatic heterocycles. The fourth-order valence-electron chi connectivity index (χ4n) is 1.42. The van der Waals surface area contributed by atoms with E-state index < -0.39 is 6.23 Å². The second-order valence-electron chi connectivity index (χ2n) is 3.44. The van der Waals surface area contributed by atoms with E-state index in [0.29, 0.717) is 0 Å². The van der Waals surface area contributed by atoms with Gasteiger partial charge in [-0.05, 0) is 31.0 Å². The molecule has 0 aromatic heterocycles. The van der Waals surface area contributed by atoms with E-state index in [0.717, 1.165) is 13.1 Å². The lowest BCUT2D eigenvalue weighted by atomic mass is 10.0. The number of nitrogens with one attached hydrogen (secondary N) is 1. The van der Waals surface area contributed by atoms with E-state index >= 15 is 0 Å². The van der Waals surface area contributed by atoms with Crippen LogP contribution in [0, 0.1) is 0 Å². The number of aliphatic hydroxyl groups is 1. The number of nitrogens with two attached hydrogens (primary N) is 1. The van der Waals surface area contributed by atoms with E-state index in [-0.39, 0.29) is 0 Å². The molecule has 78 valence electrons. The number of benzene rings is 1. The molecule has 0 aliphatic carbocycles. The monoisotopic (exact) mass is 194 g/mol. The molecule has 0 radical (unpaired) electrons. The van der Waals surface area contributed by atoms with Gasteiger partial charge in [-0.1, -0.05) is 24.3 Å². The van der Waals surface area contributed by atoms with E-state index in [9.17, 15) is 0 Å². The lowest BCUT2D eigenvalue weighted by molar-refractivity contribution is 0.203. The summed E-state index contributed by atoms with van der Waals surface area (Å²) >= 11 is 0. The zero-order valence-corrected chi connectivity index (χ0v) is 8.53. The number of aliphatic hydroxyl groups excluding tert-OH is 1. The Morgan fingerprint density at radius 1 is 1.36 bits per heavy atom. The minimum Gasteiger partial charge on any atom is -0.379 e. The predicted molar refractivity (Wildman–Crippen MR) is 57.7 cm³/mol. The van der Waals surface area contributed by atoms with Gasteiger partial charge in [0.1, 0.15) is 0 Å². The van der Waals surface area contributed by atoms with Crippen LogP contribution in [0.1, 0.15) is 18.1 Å². The molecule has 1 unspecified atom stereocenters. The average molecular weight is 194 g/mol. The standard InChI is InChI=1S/C9H11N.C2H7NO/c1-2-4-9-7-10-6-5-8(9)3-1;1-2(3)4/h1-4,10H,5-7H2;2,4H,3H2,1H3. The zero-order chi connectivity index (χ0) is 10.4. The Kier molecular flexibility index (Phi) is 4.59. The largest absolute Gasteiger partial charge is 0.379 e. The second kappa shape index (κ2) is 5.75. The van der Waals surface area contributed by atoms with Crippen LogP contribution in [-0.2, 0) is 13.0 Å². The van der Waals surface area contributed by atoms with Gasteiger partial charge in [-0.25, -0.2) is 0 Å². The van der Waals surface area contributed by atoms with Crippen molar-refractivity contribution in [2.24, 2.45) is 5.73 Å². The second-order valence-corrected chi connectivity index (χ2v) is 3.44. The number of fused-ring (bicyclic) bond motifs is 1. The molecule has 2 rings (SSSR count). The highest BCUT2D eigenvalue weighted by molar-refractivity contribution is 5.28. The van der Waals surface area contributed by atoms with Gasteiger partial charge in [0.25, 0.3) is 0 Å². The van der Waals surface area contributed by atoms with E-state index in [1.165, 1.54) is 24.5 Å². The molecule has 0 amide bonds. The topological polar surface area (TPSA) is 58.3 Å². The van der Waals surface area contributed by atoms with Crippen molar-refractivity contribution in [2.75, 3.05) is 6.54 Å². The molecule has 0 bridgehead atoms. The molecular formula is C11H18N2O. The molecule has 0 spiro atoms. The number of hydrogen-bond acceptors (Lipinski definition) is 3. The van der Waals surface area contributed by atoms with E-state index in [2.05, 4.69) is 35.3 Å². The highest BCUT2D eigenvalue weighted by Crippen LogP contribution is 2.11. The Labute approximate surface area is 84.9 Å². The van der Waals surface area contributed by atoms with Gasteiger partial charge in [0.05, 0.1) is 6.23 Å². The zero-order valence-electron chi connectivity index (χ0n) is 8.53. The first-order valence-electron chi connectivity index (χ1n) is 4.91. The molecule has 3 nitrogen and oxygen atoms in total. The SMILES string of the molecule is CC(N)O.c1ccc2c(c1)CCNC2. The van der Waals surface area contributed by atoms with Gasteiger partial charge in [0.15, 0.2) is 0 Å². The highest BCUT2D eigenvalue weighted by Gasteiger charge is 2.05. The van der Waals surface area contributed by atoms with Crippen molar-refractivity contribution < 1.29 is 5.11 Å². The third-order valence-corrected chi connectivity index (χ3v) is 2.00. The molecule has 3 heteroatoms. The van der Waals surface area contributed by atoms with E-state index in [1.54, 1.807) is 0 Å². The summed E-state index contributed by atoms with van der Waals surface area (Å²) in [5.74, 6) is 0. The molecular weight excluding hydrogens is 176 g/mol. The summed E-state index contributed by atoms with van der Waals surface area (Å²) in [5.41, 5.74) is 7.65. The molecule has 1 heterocycles. The smallest absolute Gasteiger partial charge is 0.0991 e. The third-order valence-electron chi connectivity index (χ3n) is 2.00. The first kappa shape index (κ1) is 11.2. The lowest BCUT2D eigenvalue weighted by Gasteiger charge is -2.15. The van der Waals surface area contributed by atoms with Crippen LogP contribution in [0.5, 0.6) is 0 Å².